The largest absolute Gasteiger partial charge is 0.333 e. The van der Waals surface area contributed by atoms with E-state index in [1.54, 1.807) is 12.1 Å². The number of fused-ring (bicyclic) bond motifs is 2. The van der Waals surface area contributed by atoms with E-state index in [0.29, 0.717) is 34.2 Å². The van der Waals surface area contributed by atoms with E-state index in [2.05, 4.69) is 17.1 Å². The van der Waals surface area contributed by atoms with E-state index in [1.807, 2.05) is 34.6 Å². The Kier molecular flexibility index (Phi) is 4.36. The maximum Gasteiger partial charge on any atom is 0.270 e. The predicted octanol–water partition coefficient (Wildman–Crippen LogP) is 4.48. The first kappa shape index (κ1) is 18.5. The summed E-state index contributed by atoms with van der Waals surface area (Å²) in [6.07, 6.45) is 2.70. The molecule has 0 unspecified atom stereocenters. The Balaban J connectivity index is 1.45. The molecule has 4 aromatic rings. The molecule has 7 nitrogen and oxygen atoms in total. The zero-order chi connectivity index (χ0) is 20.8. The van der Waals surface area contributed by atoms with Crippen LogP contribution in [0.1, 0.15) is 26.5 Å². The van der Waals surface area contributed by atoms with Crippen molar-refractivity contribution in [1.29, 1.82) is 0 Å². The Morgan fingerprint density at radius 2 is 1.97 bits per heavy atom. The number of hydrogen-bond donors (Lipinski definition) is 0. The van der Waals surface area contributed by atoms with Crippen molar-refractivity contribution < 1.29 is 9.72 Å². The molecule has 150 valence electrons. The van der Waals surface area contributed by atoms with Gasteiger partial charge in [-0.2, -0.15) is 0 Å². The summed E-state index contributed by atoms with van der Waals surface area (Å²) in [5.74, 6) is 0.0226. The van der Waals surface area contributed by atoms with Gasteiger partial charge in [0.15, 0.2) is 4.96 Å². The molecule has 1 aliphatic rings. The van der Waals surface area contributed by atoms with Gasteiger partial charge in [-0.25, -0.2) is 4.98 Å². The number of rotatable bonds is 3. The van der Waals surface area contributed by atoms with Crippen molar-refractivity contribution in [2.45, 2.75) is 19.9 Å². The minimum Gasteiger partial charge on any atom is -0.333 e. The summed E-state index contributed by atoms with van der Waals surface area (Å²) in [6, 6.07) is 14.7. The Bertz CT molecular complexity index is 1310. The number of nitro groups is 1. The smallest absolute Gasteiger partial charge is 0.270 e. The van der Waals surface area contributed by atoms with Gasteiger partial charge in [-0.1, -0.05) is 47.7 Å². The molecule has 1 aliphatic heterocycles. The lowest BCUT2D eigenvalue weighted by Crippen LogP contribution is -2.35. The number of nitrogens with zero attached hydrogens (tertiary/aromatic N) is 4. The molecule has 0 saturated heterocycles. The molecule has 0 bridgehead atoms. The van der Waals surface area contributed by atoms with Gasteiger partial charge in [0, 0.05) is 42.7 Å². The van der Waals surface area contributed by atoms with Gasteiger partial charge in [-0.05, 0) is 24.5 Å². The Morgan fingerprint density at radius 1 is 1.17 bits per heavy atom. The first-order valence-corrected chi connectivity index (χ1v) is 10.4. The lowest BCUT2D eigenvalue weighted by Gasteiger charge is -2.28. The number of aromatic nitrogens is 2. The summed E-state index contributed by atoms with van der Waals surface area (Å²) >= 11 is 1.36. The molecule has 0 saturated carbocycles. The van der Waals surface area contributed by atoms with Gasteiger partial charge in [0.1, 0.15) is 4.88 Å². The number of thiazole rings is 1. The highest BCUT2D eigenvalue weighted by Crippen LogP contribution is 2.30. The van der Waals surface area contributed by atoms with E-state index in [9.17, 15) is 14.9 Å². The molecule has 5 rings (SSSR count). The molecule has 1 amide bonds. The zero-order valence-electron chi connectivity index (χ0n) is 16.2. The fourth-order valence-electron chi connectivity index (χ4n) is 3.88. The molecule has 0 atom stereocenters. The summed E-state index contributed by atoms with van der Waals surface area (Å²) in [7, 11) is 0. The second-order valence-electron chi connectivity index (χ2n) is 7.35. The minimum atomic E-state index is -0.416. The van der Waals surface area contributed by atoms with E-state index < -0.39 is 4.92 Å². The van der Waals surface area contributed by atoms with Crippen molar-refractivity contribution in [3.63, 3.8) is 0 Å². The molecular weight excluding hydrogens is 400 g/mol. The maximum atomic E-state index is 13.2. The molecule has 0 N–H and O–H groups in total. The summed E-state index contributed by atoms with van der Waals surface area (Å²) in [5.41, 5.74) is 4.70. The topological polar surface area (TPSA) is 80.8 Å². The minimum absolute atomic E-state index is 0.0226. The molecular formula is C22H18N4O3S. The van der Waals surface area contributed by atoms with Crippen LogP contribution >= 0.6 is 11.3 Å². The second-order valence-corrected chi connectivity index (χ2v) is 8.33. The Morgan fingerprint density at radius 3 is 2.73 bits per heavy atom. The van der Waals surface area contributed by atoms with Crippen LogP contribution in [0.25, 0.3) is 16.2 Å². The second kappa shape index (κ2) is 7.07. The third kappa shape index (κ3) is 3.05. The number of non-ortho nitro benzene ring substituents is 1. The number of carbonyl (C=O) groups is 1. The molecule has 3 heterocycles. The van der Waals surface area contributed by atoms with Gasteiger partial charge in [0.25, 0.3) is 11.6 Å². The van der Waals surface area contributed by atoms with E-state index >= 15 is 0 Å². The third-order valence-electron chi connectivity index (χ3n) is 5.52. The standard InChI is InChI=1S/C22H18N4O3S/c1-14-20(21(27)24-10-9-15-5-2-3-6-17(15)12-24)30-22-23-19(13-25(14)22)16-7-4-8-18(11-16)26(28)29/h2-8,11,13H,9-10,12H2,1H3. The average Bonchev–Trinajstić information content (AvgIpc) is 3.32. The average molecular weight is 418 g/mol. The molecule has 30 heavy (non-hydrogen) atoms. The van der Waals surface area contributed by atoms with Crippen LogP contribution in [0.5, 0.6) is 0 Å². The van der Waals surface area contributed by atoms with Crippen LogP contribution in [0, 0.1) is 17.0 Å². The van der Waals surface area contributed by atoms with Gasteiger partial charge in [-0.3, -0.25) is 19.3 Å². The zero-order valence-corrected chi connectivity index (χ0v) is 17.1. The lowest BCUT2D eigenvalue weighted by molar-refractivity contribution is -0.384. The lowest BCUT2D eigenvalue weighted by atomic mass is 10.00. The number of amides is 1. The molecule has 0 fully saturated rings. The number of aryl methyl sites for hydroxylation is 1. The fraction of sp³-hybridized carbons (Fsp3) is 0.182. The molecule has 0 spiro atoms. The Labute approximate surface area is 176 Å². The van der Waals surface area contributed by atoms with Crippen molar-refractivity contribution in [2.24, 2.45) is 0 Å². The van der Waals surface area contributed by atoms with Crippen LogP contribution in [0.2, 0.25) is 0 Å². The van der Waals surface area contributed by atoms with Gasteiger partial charge in [0.05, 0.1) is 10.6 Å². The molecule has 0 aliphatic carbocycles. The molecule has 8 heteroatoms. The first-order chi connectivity index (χ1) is 14.5. The normalized spacial score (nSPS) is 13.4. The first-order valence-electron chi connectivity index (χ1n) is 9.60. The van der Waals surface area contributed by atoms with Crippen LogP contribution in [-0.2, 0) is 13.0 Å². The van der Waals surface area contributed by atoms with E-state index in [-0.39, 0.29) is 11.6 Å². The van der Waals surface area contributed by atoms with Crippen molar-refractivity contribution in [2.75, 3.05) is 6.54 Å². The van der Waals surface area contributed by atoms with Crippen LogP contribution < -0.4 is 0 Å². The van der Waals surface area contributed by atoms with Crippen molar-refractivity contribution in [3.8, 4) is 11.3 Å². The highest BCUT2D eigenvalue weighted by Gasteiger charge is 2.26. The number of benzene rings is 2. The number of imidazole rings is 1. The quantitative estimate of drug-likeness (QED) is 0.363. The van der Waals surface area contributed by atoms with Crippen molar-refractivity contribution in [3.05, 3.63) is 86.5 Å². The van der Waals surface area contributed by atoms with Gasteiger partial charge in [0.2, 0.25) is 0 Å². The van der Waals surface area contributed by atoms with E-state index in [4.69, 9.17) is 0 Å². The van der Waals surface area contributed by atoms with E-state index in [1.165, 1.54) is 34.6 Å². The molecule has 2 aromatic carbocycles. The SMILES string of the molecule is Cc1c(C(=O)N2CCc3ccccc3C2)sc2nc(-c3cccc([N+](=O)[O-])c3)cn12. The van der Waals surface area contributed by atoms with Crippen LogP contribution in [0.15, 0.2) is 54.7 Å². The van der Waals surface area contributed by atoms with Gasteiger partial charge < -0.3 is 4.90 Å². The maximum absolute atomic E-state index is 13.2. The molecule has 2 aromatic heterocycles. The summed E-state index contributed by atoms with van der Waals surface area (Å²) in [5, 5.41) is 11.0. The van der Waals surface area contributed by atoms with Gasteiger partial charge >= 0.3 is 0 Å². The van der Waals surface area contributed by atoms with Crippen LogP contribution in [-0.4, -0.2) is 31.7 Å². The summed E-state index contributed by atoms with van der Waals surface area (Å²) in [4.78, 5) is 31.7. The van der Waals surface area contributed by atoms with Crippen molar-refractivity contribution in [1.82, 2.24) is 14.3 Å². The number of hydrogen-bond acceptors (Lipinski definition) is 5. The highest BCUT2D eigenvalue weighted by molar-refractivity contribution is 7.19. The van der Waals surface area contributed by atoms with E-state index in [0.717, 1.165) is 12.1 Å². The Hall–Kier alpha value is -3.52. The third-order valence-corrected chi connectivity index (χ3v) is 6.67. The number of nitro benzene ring substituents is 1. The monoisotopic (exact) mass is 418 g/mol. The molecule has 0 radical (unpaired) electrons. The van der Waals surface area contributed by atoms with Gasteiger partial charge in [-0.15, -0.1) is 0 Å². The summed E-state index contributed by atoms with van der Waals surface area (Å²) in [6.45, 7) is 3.23. The van der Waals surface area contributed by atoms with Crippen LogP contribution in [0.4, 0.5) is 5.69 Å². The highest BCUT2D eigenvalue weighted by atomic mass is 32.1. The number of carbonyl (C=O) groups excluding carboxylic acids is 1. The summed E-state index contributed by atoms with van der Waals surface area (Å²) < 4.78 is 1.89. The van der Waals surface area contributed by atoms with Crippen molar-refractivity contribution >= 4 is 27.9 Å². The fourth-order valence-corrected chi connectivity index (χ4v) is 4.96. The van der Waals surface area contributed by atoms with Crippen LogP contribution in [0.3, 0.4) is 0 Å². The predicted molar refractivity (Wildman–Crippen MR) is 115 cm³/mol.